The van der Waals surface area contributed by atoms with Crippen LogP contribution in [0, 0.1) is 6.58 Å². The van der Waals surface area contributed by atoms with Gasteiger partial charge in [-0.25, -0.2) is 0 Å². The van der Waals surface area contributed by atoms with Crippen molar-refractivity contribution in [3.8, 4) is 0 Å². The monoisotopic (exact) mass is 93.0 g/mol. The van der Waals surface area contributed by atoms with Crippen molar-refractivity contribution in [2.75, 3.05) is 0 Å². The average Bonchev–Trinajstić information content (AvgIpc) is 1.37. The molecule has 0 aliphatic heterocycles. The third kappa shape index (κ3) is 11.1. The molecular weight excluding hydrogens is 87.1 g/mol. The van der Waals surface area contributed by atoms with E-state index in [-0.39, 0.29) is 51.4 Å². The molecule has 5 heavy (non-hydrogen) atoms. The molecule has 0 saturated carbocycles. The van der Waals surface area contributed by atoms with E-state index in [0.29, 0.717) is 0 Å². The van der Waals surface area contributed by atoms with Crippen LogP contribution < -0.4 is 0 Å². The molecule has 0 N–H and O–H groups in total. The normalized spacial score (nSPS) is 4.00. The summed E-state index contributed by atoms with van der Waals surface area (Å²) in [6.45, 7) is 8.08. The Bertz CT molecular complexity index is 24.6. The Balaban J connectivity index is 0. The van der Waals surface area contributed by atoms with Crippen molar-refractivity contribution < 1.29 is 0 Å². The van der Waals surface area contributed by atoms with Gasteiger partial charge in [0.25, 0.3) is 0 Å². The van der Waals surface area contributed by atoms with E-state index >= 15 is 0 Å². The van der Waals surface area contributed by atoms with Crippen LogP contribution in [0.15, 0.2) is 18.7 Å². The molecule has 0 spiro atoms. The zero-order valence-corrected chi connectivity index (χ0v) is 2.44. The van der Waals surface area contributed by atoms with Gasteiger partial charge in [0.1, 0.15) is 0 Å². The zero-order chi connectivity index (χ0) is 3.41. The van der Waals surface area contributed by atoms with Crippen molar-refractivity contribution in [2.45, 2.75) is 0 Å². The van der Waals surface area contributed by atoms with Gasteiger partial charge < -0.3 is 0 Å². The fraction of sp³-hybridized carbons (Fsp3) is 0. The van der Waals surface area contributed by atoms with Gasteiger partial charge in [0.15, 0.2) is 0 Å². The minimum atomic E-state index is 0. The minimum absolute atomic E-state index is 0. The van der Waals surface area contributed by atoms with Crippen LogP contribution in [0.3, 0.4) is 0 Å². The molecule has 0 amide bonds. The van der Waals surface area contributed by atoms with E-state index in [1.165, 1.54) is 12.2 Å². The van der Waals surface area contributed by atoms with Crippen LogP contribution in [-0.4, -0.2) is 51.4 Å². The summed E-state index contributed by atoms with van der Waals surface area (Å²) in [6, 6.07) is 0. The molecule has 0 aliphatic carbocycles. The van der Waals surface area contributed by atoms with E-state index in [1.54, 1.807) is 0 Å². The summed E-state index contributed by atoms with van der Waals surface area (Å²) in [5, 5.41) is 0. The van der Waals surface area contributed by atoms with Crippen LogP contribution in [0.5, 0.6) is 0 Å². The van der Waals surface area contributed by atoms with E-state index in [1.807, 2.05) is 0 Å². The Hall–Kier alpha value is 1.12. The summed E-state index contributed by atoms with van der Waals surface area (Å²) < 4.78 is 0. The van der Waals surface area contributed by atoms with Gasteiger partial charge >= 0.3 is 51.4 Å². The molecule has 0 bridgehead atoms. The molecule has 0 atom stereocenters. The second-order valence-corrected chi connectivity index (χ2v) is 0.428. The van der Waals surface area contributed by atoms with Crippen molar-refractivity contribution in [1.82, 2.24) is 0 Å². The van der Waals surface area contributed by atoms with Gasteiger partial charge in [-0.2, -0.15) is 0 Å². The number of hydrogen-bond donors (Lipinski definition) is 0. The van der Waals surface area contributed by atoms with Crippen LogP contribution >= 0.6 is 0 Å². The number of hydrogen-bond acceptors (Lipinski definition) is 0. The van der Waals surface area contributed by atoms with Gasteiger partial charge in [0, 0.05) is 0 Å². The summed E-state index contributed by atoms with van der Waals surface area (Å²) >= 11 is 0. The first-order valence-electron chi connectivity index (χ1n) is 1.07. The van der Waals surface area contributed by atoms with Crippen molar-refractivity contribution in [3.63, 3.8) is 0 Å². The molecule has 0 aliphatic rings. The van der Waals surface area contributed by atoms with Crippen LogP contribution in [0.4, 0.5) is 0 Å². The van der Waals surface area contributed by atoms with E-state index < -0.39 is 0 Å². The van der Waals surface area contributed by atoms with Crippen LogP contribution in [0.1, 0.15) is 0 Å². The van der Waals surface area contributed by atoms with Crippen molar-refractivity contribution in [1.29, 1.82) is 0 Å². The Labute approximate surface area is 75.4 Å². The second kappa shape index (κ2) is 8.93. The predicted molar refractivity (Wildman–Crippen MR) is 26.2 cm³/mol. The molecule has 0 saturated heterocycles. The number of allylic oxidation sites excluding steroid dienone is 2. The zero-order valence-electron chi connectivity index (χ0n) is 2.44. The van der Waals surface area contributed by atoms with Gasteiger partial charge in [-0.15, -0.1) is 0 Å². The molecule has 1 radical (unpaired) electrons. The van der Waals surface area contributed by atoms with E-state index in [2.05, 4.69) is 6.58 Å². The molecular formula is C4H6K. The standard InChI is InChI=1S/C4H5.K.H/c1-3-4-2;;/h1,3-4H,2H2;;. The van der Waals surface area contributed by atoms with Gasteiger partial charge in [-0.3, -0.25) is 0 Å². The van der Waals surface area contributed by atoms with Crippen LogP contribution in [0.25, 0.3) is 0 Å². The summed E-state index contributed by atoms with van der Waals surface area (Å²) in [6.07, 6.45) is 2.92. The van der Waals surface area contributed by atoms with Crippen molar-refractivity contribution in [3.05, 3.63) is 25.3 Å². The Morgan fingerprint density at radius 3 is 1.80 bits per heavy atom. The van der Waals surface area contributed by atoms with Crippen LogP contribution in [-0.2, 0) is 0 Å². The summed E-state index contributed by atoms with van der Waals surface area (Å²) in [5.41, 5.74) is 0. The molecule has 0 aromatic rings. The first kappa shape index (κ1) is 9.45. The van der Waals surface area contributed by atoms with Gasteiger partial charge in [0.2, 0.25) is 0 Å². The maximum atomic E-state index is 4.78. The van der Waals surface area contributed by atoms with Crippen molar-refractivity contribution in [2.24, 2.45) is 0 Å². The fourth-order valence-electron chi connectivity index (χ4n) is 0. The quantitative estimate of drug-likeness (QED) is 0.327. The summed E-state index contributed by atoms with van der Waals surface area (Å²) in [4.78, 5) is 0. The Morgan fingerprint density at radius 1 is 1.60 bits per heavy atom. The molecule has 1 heteroatoms. The fourth-order valence-corrected chi connectivity index (χ4v) is 0. The molecule has 0 heterocycles. The maximum absolute atomic E-state index is 4.78. The summed E-state index contributed by atoms with van der Waals surface area (Å²) in [7, 11) is 0. The topological polar surface area (TPSA) is 0 Å². The molecule has 23 valence electrons. The van der Waals surface area contributed by atoms with E-state index in [0.717, 1.165) is 0 Å². The number of rotatable bonds is 1. The van der Waals surface area contributed by atoms with E-state index in [9.17, 15) is 0 Å². The second-order valence-electron chi connectivity index (χ2n) is 0.428. The summed E-state index contributed by atoms with van der Waals surface area (Å²) in [5.74, 6) is 0. The average molecular weight is 93.2 g/mol. The third-order valence-electron chi connectivity index (χ3n) is 0.136. The SMILES string of the molecule is [CH]=CC=C.[KH]. The molecule has 0 fully saturated rings. The molecule has 0 rings (SSSR count). The third-order valence-corrected chi connectivity index (χ3v) is 0.136. The molecule has 0 unspecified atom stereocenters. The van der Waals surface area contributed by atoms with Crippen LogP contribution in [0.2, 0.25) is 0 Å². The van der Waals surface area contributed by atoms with Gasteiger partial charge in [0.05, 0.1) is 0 Å². The van der Waals surface area contributed by atoms with Gasteiger partial charge in [-0.1, -0.05) is 25.3 Å². The van der Waals surface area contributed by atoms with E-state index in [4.69, 9.17) is 6.58 Å². The van der Waals surface area contributed by atoms with Crippen molar-refractivity contribution >= 4 is 51.4 Å². The van der Waals surface area contributed by atoms with Gasteiger partial charge in [-0.05, 0) is 0 Å². The Morgan fingerprint density at radius 2 is 1.80 bits per heavy atom. The first-order chi connectivity index (χ1) is 1.91. The molecule has 0 aromatic carbocycles. The molecule has 0 nitrogen and oxygen atoms in total. The molecule has 0 aromatic heterocycles. The first-order valence-corrected chi connectivity index (χ1v) is 1.07. The predicted octanol–water partition coefficient (Wildman–Crippen LogP) is 0.513. The Kier molecular flexibility index (Phi) is 16.9.